The molecule has 0 spiro atoms. The van der Waals surface area contributed by atoms with Crippen LogP contribution < -0.4 is 4.90 Å². The number of benzene rings is 1. The Morgan fingerprint density at radius 1 is 1.30 bits per heavy atom. The molecule has 0 aliphatic rings. The van der Waals surface area contributed by atoms with Crippen molar-refractivity contribution in [3.8, 4) is 0 Å². The maximum absolute atomic E-state index is 9.52. The summed E-state index contributed by atoms with van der Waals surface area (Å²) < 4.78 is 5.56. The third-order valence-corrected chi connectivity index (χ3v) is 3.23. The molecule has 1 N–H and O–H groups in total. The average Bonchev–Trinajstić information content (AvgIpc) is 2.45. The molecule has 0 saturated heterocycles. The molecule has 4 heteroatoms. The quantitative estimate of drug-likeness (QED) is 0.879. The van der Waals surface area contributed by atoms with Crippen molar-refractivity contribution in [3.63, 3.8) is 0 Å². The molecule has 108 valence electrons. The lowest BCUT2D eigenvalue weighted by molar-refractivity contribution is 0.0845. The van der Waals surface area contributed by atoms with Crippen molar-refractivity contribution >= 4 is 16.7 Å². The van der Waals surface area contributed by atoms with Crippen LogP contribution in [0, 0.1) is 0 Å². The summed E-state index contributed by atoms with van der Waals surface area (Å²) in [7, 11) is 1.99. The van der Waals surface area contributed by atoms with E-state index in [2.05, 4.69) is 4.98 Å². The first-order valence-corrected chi connectivity index (χ1v) is 6.94. The molecule has 0 saturated carbocycles. The molecule has 2 aromatic rings. The Kier molecular flexibility index (Phi) is 4.93. The van der Waals surface area contributed by atoms with Crippen LogP contribution in [0.4, 0.5) is 5.82 Å². The van der Waals surface area contributed by atoms with Crippen LogP contribution in [0.25, 0.3) is 10.9 Å². The average molecular weight is 274 g/mol. The first-order chi connectivity index (χ1) is 9.61. The second-order valence-electron chi connectivity index (χ2n) is 5.16. The molecular weight excluding hydrogens is 252 g/mol. The molecule has 1 aromatic carbocycles. The summed E-state index contributed by atoms with van der Waals surface area (Å²) in [6.07, 6.45) is 0.237. The van der Waals surface area contributed by atoms with Crippen molar-refractivity contribution in [2.45, 2.75) is 26.6 Å². The maximum atomic E-state index is 9.52. The van der Waals surface area contributed by atoms with E-state index in [0.29, 0.717) is 6.61 Å². The maximum Gasteiger partial charge on any atom is 0.129 e. The van der Waals surface area contributed by atoms with Crippen LogP contribution in [0.3, 0.4) is 0 Å². The highest BCUT2D eigenvalue weighted by Crippen LogP contribution is 2.22. The van der Waals surface area contributed by atoms with E-state index in [0.717, 1.165) is 28.8 Å². The topological polar surface area (TPSA) is 45.6 Å². The summed E-state index contributed by atoms with van der Waals surface area (Å²) in [6, 6.07) is 9.82. The minimum Gasteiger partial charge on any atom is -0.392 e. The van der Waals surface area contributed by atoms with E-state index in [1.165, 1.54) is 0 Å². The molecule has 0 atom stereocenters. The van der Waals surface area contributed by atoms with Gasteiger partial charge in [0.15, 0.2) is 0 Å². The van der Waals surface area contributed by atoms with Crippen LogP contribution >= 0.6 is 0 Å². The van der Waals surface area contributed by atoms with Crippen LogP contribution in [0.15, 0.2) is 30.3 Å². The number of rotatable bonds is 6. The van der Waals surface area contributed by atoms with Crippen molar-refractivity contribution in [1.82, 2.24) is 4.98 Å². The molecule has 0 amide bonds. The number of likely N-dealkylation sites (N-methyl/N-ethyl adjacent to an activating group) is 1. The van der Waals surface area contributed by atoms with Gasteiger partial charge in [-0.05, 0) is 31.5 Å². The van der Waals surface area contributed by atoms with Crippen molar-refractivity contribution in [3.05, 3.63) is 35.9 Å². The van der Waals surface area contributed by atoms with Crippen molar-refractivity contribution in [1.29, 1.82) is 0 Å². The number of nitrogens with zero attached hydrogens (tertiary/aromatic N) is 2. The number of ether oxygens (including phenoxy) is 1. The third-order valence-electron chi connectivity index (χ3n) is 3.23. The van der Waals surface area contributed by atoms with Crippen molar-refractivity contribution < 1.29 is 9.84 Å². The van der Waals surface area contributed by atoms with Crippen LogP contribution in [-0.2, 0) is 11.3 Å². The molecule has 1 heterocycles. The second kappa shape index (κ2) is 6.68. The van der Waals surface area contributed by atoms with Gasteiger partial charge in [-0.15, -0.1) is 0 Å². The number of aliphatic hydroxyl groups excluding tert-OH is 1. The number of aromatic nitrogens is 1. The fraction of sp³-hybridized carbons (Fsp3) is 0.438. The van der Waals surface area contributed by atoms with E-state index in [-0.39, 0.29) is 12.7 Å². The molecule has 0 radical (unpaired) electrons. The van der Waals surface area contributed by atoms with Crippen LogP contribution in [0.1, 0.15) is 19.4 Å². The fourth-order valence-electron chi connectivity index (χ4n) is 2.10. The number of anilines is 1. The van der Waals surface area contributed by atoms with Crippen LogP contribution in [0.5, 0.6) is 0 Å². The number of pyridine rings is 1. The summed E-state index contributed by atoms with van der Waals surface area (Å²) >= 11 is 0. The van der Waals surface area contributed by atoms with E-state index in [1.54, 1.807) is 0 Å². The highest BCUT2D eigenvalue weighted by atomic mass is 16.5. The van der Waals surface area contributed by atoms with Crippen LogP contribution in [-0.4, -0.2) is 36.4 Å². The highest BCUT2D eigenvalue weighted by Gasteiger charge is 2.08. The van der Waals surface area contributed by atoms with Gasteiger partial charge in [0.05, 0.1) is 24.8 Å². The molecule has 2 rings (SSSR count). The molecule has 0 unspecified atom stereocenters. The van der Waals surface area contributed by atoms with Crippen molar-refractivity contribution in [2.75, 3.05) is 25.1 Å². The number of hydrogen-bond acceptors (Lipinski definition) is 4. The molecule has 1 aromatic heterocycles. The molecule has 0 bridgehead atoms. The first-order valence-electron chi connectivity index (χ1n) is 6.94. The number of aliphatic hydroxyl groups is 1. The first kappa shape index (κ1) is 14.8. The smallest absolute Gasteiger partial charge is 0.129 e. The van der Waals surface area contributed by atoms with Gasteiger partial charge in [0.25, 0.3) is 0 Å². The van der Waals surface area contributed by atoms with Gasteiger partial charge in [-0.2, -0.15) is 0 Å². The minimum absolute atomic E-state index is 0.0202. The molecule has 20 heavy (non-hydrogen) atoms. The van der Waals surface area contributed by atoms with Gasteiger partial charge in [0, 0.05) is 19.0 Å². The Hall–Kier alpha value is -1.65. The van der Waals surface area contributed by atoms with Gasteiger partial charge in [-0.1, -0.05) is 18.2 Å². The lowest BCUT2D eigenvalue weighted by Gasteiger charge is -2.20. The molecule has 0 fully saturated rings. The van der Waals surface area contributed by atoms with E-state index in [4.69, 9.17) is 4.74 Å². The summed E-state index contributed by atoms with van der Waals surface area (Å²) in [5.74, 6) is 0.861. The standard InChI is InChI=1S/C16H22N2O2/c1-12(2)20-9-8-18(3)16-10-13(11-19)14-6-4-5-7-15(14)17-16/h4-7,10,12,19H,8-9,11H2,1-3H3. The number of fused-ring (bicyclic) bond motifs is 1. The predicted molar refractivity (Wildman–Crippen MR) is 82.0 cm³/mol. The van der Waals surface area contributed by atoms with Gasteiger partial charge in [-0.3, -0.25) is 0 Å². The Bertz CT molecular complexity index is 569. The summed E-state index contributed by atoms with van der Waals surface area (Å²) in [6.45, 7) is 5.51. The molecule has 4 nitrogen and oxygen atoms in total. The molecule has 0 aliphatic carbocycles. The zero-order valence-electron chi connectivity index (χ0n) is 12.3. The summed E-state index contributed by atoms with van der Waals surface area (Å²) in [5.41, 5.74) is 1.81. The third kappa shape index (κ3) is 3.46. The Balaban J connectivity index is 2.21. The van der Waals surface area contributed by atoms with E-state index in [1.807, 2.05) is 56.1 Å². The van der Waals surface area contributed by atoms with Gasteiger partial charge in [0.1, 0.15) is 5.82 Å². The second-order valence-corrected chi connectivity index (χ2v) is 5.16. The summed E-state index contributed by atoms with van der Waals surface area (Å²) in [5, 5.41) is 10.5. The lowest BCUT2D eigenvalue weighted by Crippen LogP contribution is -2.24. The fourth-order valence-corrected chi connectivity index (χ4v) is 2.10. The Labute approximate surface area is 120 Å². The van der Waals surface area contributed by atoms with Gasteiger partial charge in [-0.25, -0.2) is 4.98 Å². The SMILES string of the molecule is CC(C)OCCN(C)c1cc(CO)c2ccccc2n1. The van der Waals surface area contributed by atoms with Gasteiger partial charge in [0.2, 0.25) is 0 Å². The lowest BCUT2D eigenvalue weighted by atomic mass is 10.1. The van der Waals surface area contributed by atoms with Gasteiger partial charge < -0.3 is 14.7 Å². The monoisotopic (exact) mass is 274 g/mol. The van der Waals surface area contributed by atoms with E-state index >= 15 is 0 Å². The number of hydrogen-bond donors (Lipinski definition) is 1. The molecule has 0 aliphatic heterocycles. The largest absolute Gasteiger partial charge is 0.392 e. The zero-order chi connectivity index (χ0) is 14.5. The normalized spacial score (nSPS) is 11.2. The highest BCUT2D eigenvalue weighted by molar-refractivity contribution is 5.84. The van der Waals surface area contributed by atoms with E-state index in [9.17, 15) is 5.11 Å². The van der Waals surface area contributed by atoms with Crippen LogP contribution in [0.2, 0.25) is 0 Å². The minimum atomic E-state index is 0.0202. The number of para-hydroxylation sites is 1. The van der Waals surface area contributed by atoms with Crippen molar-refractivity contribution in [2.24, 2.45) is 0 Å². The summed E-state index contributed by atoms with van der Waals surface area (Å²) in [4.78, 5) is 6.69. The predicted octanol–water partition coefficient (Wildman–Crippen LogP) is 2.59. The van der Waals surface area contributed by atoms with Gasteiger partial charge >= 0.3 is 0 Å². The zero-order valence-corrected chi connectivity index (χ0v) is 12.3. The molecular formula is C16H22N2O2. The van der Waals surface area contributed by atoms with E-state index < -0.39 is 0 Å². The Morgan fingerprint density at radius 3 is 2.75 bits per heavy atom. The Morgan fingerprint density at radius 2 is 2.05 bits per heavy atom.